The molecule has 0 radical (unpaired) electrons. The van der Waals surface area contributed by atoms with Crippen LogP contribution in [0.5, 0.6) is 11.5 Å². The van der Waals surface area contributed by atoms with Crippen molar-refractivity contribution in [3.05, 3.63) is 46.7 Å². The third-order valence-electron chi connectivity index (χ3n) is 2.16. The number of carboxylic acid groups (broad SMARTS) is 1. The summed E-state index contributed by atoms with van der Waals surface area (Å²) in [6.45, 7) is 0. The molecule has 0 atom stereocenters. The van der Waals surface area contributed by atoms with Crippen LogP contribution in [0.2, 0.25) is 0 Å². The number of halogens is 1. The second-order valence-corrected chi connectivity index (χ2v) is 4.41. The number of hydrogen-bond donors (Lipinski definition) is 2. The van der Waals surface area contributed by atoms with Crippen LogP contribution in [0.1, 0.15) is 10.4 Å². The van der Waals surface area contributed by atoms with Crippen LogP contribution in [0.25, 0.3) is 0 Å². The van der Waals surface area contributed by atoms with Gasteiger partial charge in [-0.15, -0.1) is 0 Å². The Morgan fingerprint density at radius 3 is 2.72 bits per heavy atom. The Morgan fingerprint density at radius 2 is 2.11 bits per heavy atom. The number of carboxylic acids is 1. The van der Waals surface area contributed by atoms with E-state index >= 15 is 0 Å². The van der Waals surface area contributed by atoms with Crippen LogP contribution in [0, 0.1) is 0 Å². The first-order valence-corrected chi connectivity index (χ1v) is 5.77. The van der Waals surface area contributed by atoms with Crippen LogP contribution in [0.3, 0.4) is 0 Å². The van der Waals surface area contributed by atoms with Crippen LogP contribution in [0.4, 0.5) is 5.69 Å². The van der Waals surface area contributed by atoms with E-state index in [-0.39, 0.29) is 11.3 Å². The molecule has 0 bridgehead atoms. The van der Waals surface area contributed by atoms with Gasteiger partial charge in [-0.2, -0.15) is 0 Å². The lowest BCUT2D eigenvalue weighted by Gasteiger charge is -2.08. The Bertz CT molecular complexity index is 602. The molecule has 2 aromatic rings. The van der Waals surface area contributed by atoms with E-state index in [1.54, 1.807) is 12.3 Å². The van der Waals surface area contributed by atoms with E-state index in [2.05, 4.69) is 20.9 Å². The molecule has 0 aliphatic carbocycles. The average Bonchev–Trinajstić information content (AvgIpc) is 2.31. The largest absolute Gasteiger partial charge is 0.478 e. The van der Waals surface area contributed by atoms with Crippen LogP contribution < -0.4 is 10.5 Å². The van der Waals surface area contributed by atoms with Gasteiger partial charge in [0, 0.05) is 10.7 Å². The van der Waals surface area contributed by atoms with Gasteiger partial charge in [0.2, 0.25) is 0 Å². The van der Waals surface area contributed by atoms with Crippen molar-refractivity contribution in [1.82, 2.24) is 4.98 Å². The Labute approximate surface area is 111 Å². The van der Waals surface area contributed by atoms with Crippen molar-refractivity contribution in [3.63, 3.8) is 0 Å². The summed E-state index contributed by atoms with van der Waals surface area (Å²) in [5.74, 6) is -0.128. The highest BCUT2D eigenvalue weighted by Crippen LogP contribution is 2.29. The fraction of sp³-hybridized carbons (Fsp3) is 0. The topological polar surface area (TPSA) is 85.4 Å². The predicted octanol–water partition coefficient (Wildman–Crippen LogP) is 2.92. The van der Waals surface area contributed by atoms with E-state index in [4.69, 9.17) is 15.6 Å². The number of pyridine rings is 1. The highest BCUT2D eigenvalue weighted by atomic mass is 79.9. The highest BCUT2D eigenvalue weighted by Gasteiger charge is 2.08. The minimum Gasteiger partial charge on any atom is -0.478 e. The monoisotopic (exact) mass is 308 g/mol. The Hall–Kier alpha value is -2.08. The maximum absolute atomic E-state index is 10.8. The summed E-state index contributed by atoms with van der Waals surface area (Å²) in [6.07, 6.45) is 3.17. The van der Waals surface area contributed by atoms with Gasteiger partial charge in [-0.25, -0.2) is 4.79 Å². The smallest absolute Gasteiger partial charge is 0.335 e. The lowest BCUT2D eigenvalue weighted by molar-refractivity contribution is 0.0697. The maximum atomic E-state index is 10.8. The molecule has 18 heavy (non-hydrogen) atoms. The quantitative estimate of drug-likeness (QED) is 0.851. The van der Waals surface area contributed by atoms with Crippen molar-refractivity contribution in [2.75, 3.05) is 5.73 Å². The number of rotatable bonds is 3. The molecule has 0 amide bonds. The number of aromatic carboxylic acids is 1. The Kier molecular flexibility index (Phi) is 3.47. The molecule has 1 aromatic heterocycles. The van der Waals surface area contributed by atoms with Crippen molar-refractivity contribution in [1.29, 1.82) is 0 Å². The third-order valence-corrected chi connectivity index (χ3v) is 2.60. The van der Waals surface area contributed by atoms with Gasteiger partial charge in [0.1, 0.15) is 11.5 Å². The van der Waals surface area contributed by atoms with Gasteiger partial charge in [0.25, 0.3) is 0 Å². The molecule has 2 rings (SSSR count). The van der Waals surface area contributed by atoms with E-state index < -0.39 is 5.97 Å². The first-order chi connectivity index (χ1) is 8.56. The number of nitrogen functional groups attached to an aromatic ring is 1. The molecule has 0 spiro atoms. The predicted molar refractivity (Wildman–Crippen MR) is 69.8 cm³/mol. The molecular weight excluding hydrogens is 300 g/mol. The van der Waals surface area contributed by atoms with Gasteiger partial charge in [0.15, 0.2) is 0 Å². The SMILES string of the molecule is Nc1cc(C(=O)O)ccc1Oc1cncc(Br)c1. The first kappa shape index (κ1) is 12.4. The van der Waals surface area contributed by atoms with Gasteiger partial charge in [-0.05, 0) is 40.2 Å². The Morgan fingerprint density at radius 1 is 1.33 bits per heavy atom. The summed E-state index contributed by atoms with van der Waals surface area (Å²) in [5, 5.41) is 8.81. The van der Waals surface area contributed by atoms with Gasteiger partial charge in [-0.1, -0.05) is 0 Å². The summed E-state index contributed by atoms with van der Waals surface area (Å²) >= 11 is 3.27. The summed E-state index contributed by atoms with van der Waals surface area (Å²) in [7, 11) is 0. The second-order valence-electron chi connectivity index (χ2n) is 3.50. The molecular formula is C12H9BrN2O3. The normalized spacial score (nSPS) is 10.1. The number of hydrogen-bond acceptors (Lipinski definition) is 4. The van der Waals surface area contributed by atoms with Crippen LogP contribution in [0.15, 0.2) is 41.1 Å². The minimum absolute atomic E-state index is 0.118. The molecule has 1 aromatic carbocycles. The fourth-order valence-corrected chi connectivity index (χ4v) is 1.69. The van der Waals surface area contributed by atoms with Crippen molar-refractivity contribution >= 4 is 27.6 Å². The molecule has 0 fully saturated rings. The van der Waals surface area contributed by atoms with Crippen LogP contribution in [-0.4, -0.2) is 16.1 Å². The molecule has 0 unspecified atom stereocenters. The van der Waals surface area contributed by atoms with E-state index in [0.29, 0.717) is 11.5 Å². The van der Waals surface area contributed by atoms with Crippen molar-refractivity contribution in [3.8, 4) is 11.5 Å². The summed E-state index contributed by atoms with van der Waals surface area (Å²) in [6, 6.07) is 6.03. The van der Waals surface area contributed by atoms with Crippen molar-refractivity contribution in [2.24, 2.45) is 0 Å². The molecule has 1 heterocycles. The van der Waals surface area contributed by atoms with Crippen LogP contribution in [-0.2, 0) is 0 Å². The van der Waals surface area contributed by atoms with Gasteiger partial charge in [0.05, 0.1) is 17.4 Å². The molecule has 92 valence electrons. The van der Waals surface area contributed by atoms with Gasteiger partial charge >= 0.3 is 5.97 Å². The molecule has 0 saturated heterocycles. The molecule has 0 aliphatic rings. The van der Waals surface area contributed by atoms with Crippen LogP contribution >= 0.6 is 15.9 Å². The number of carbonyl (C=O) groups is 1. The minimum atomic E-state index is -1.03. The number of anilines is 1. The van der Waals surface area contributed by atoms with E-state index in [1.807, 2.05) is 0 Å². The number of aromatic nitrogens is 1. The highest BCUT2D eigenvalue weighted by molar-refractivity contribution is 9.10. The van der Waals surface area contributed by atoms with Crippen molar-refractivity contribution in [2.45, 2.75) is 0 Å². The summed E-state index contributed by atoms with van der Waals surface area (Å²) in [4.78, 5) is 14.7. The van der Waals surface area contributed by atoms with E-state index in [0.717, 1.165) is 4.47 Å². The zero-order chi connectivity index (χ0) is 13.1. The van der Waals surface area contributed by atoms with Gasteiger partial charge in [-0.3, -0.25) is 4.98 Å². The van der Waals surface area contributed by atoms with E-state index in [9.17, 15) is 4.79 Å². The van der Waals surface area contributed by atoms with Gasteiger partial charge < -0.3 is 15.6 Å². The van der Waals surface area contributed by atoms with E-state index in [1.165, 1.54) is 24.4 Å². The summed E-state index contributed by atoms with van der Waals surface area (Å²) < 4.78 is 6.29. The number of nitrogens with zero attached hydrogens (tertiary/aromatic N) is 1. The molecule has 0 saturated carbocycles. The zero-order valence-electron chi connectivity index (χ0n) is 9.13. The lowest BCUT2D eigenvalue weighted by atomic mass is 10.2. The molecule has 0 aliphatic heterocycles. The fourth-order valence-electron chi connectivity index (χ4n) is 1.35. The maximum Gasteiger partial charge on any atom is 0.335 e. The standard InChI is InChI=1S/C12H9BrN2O3/c13-8-4-9(6-15-5-8)18-11-2-1-7(12(16)17)3-10(11)14/h1-6H,14H2,(H,16,17). The number of benzene rings is 1. The zero-order valence-corrected chi connectivity index (χ0v) is 10.7. The van der Waals surface area contributed by atoms with Crippen molar-refractivity contribution < 1.29 is 14.6 Å². The second kappa shape index (κ2) is 5.05. The molecule has 5 nitrogen and oxygen atoms in total. The lowest BCUT2D eigenvalue weighted by Crippen LogP contribution is -1.99. The molecule has 3 N–H and O–H groups in total. The number of ether oxygens (including phenoxy) is 1. The molecule has 6 heteroatoms. The Balaban J connectivity index is 2.27. The first-order valence-electron chi connectivity index (χ1n) is 4.97. The third kappa shape index (κ3) is 2.78. The summed E-state index contributed by atoms with van der Waals surface area (Å²) in [5.41, 5.74) is 6.10. The number of nitrogens with two attached hydrogens (primary N) is 1. The average molecular weight is 309 g/mol.